The number of benzene rings is 2. The molecular formula is C26H33ClN4O3. The fourth-order valence-electron chi connectivity index (χ4n) is 4.15. The zero-order valence-electron chi connectivity index (χ0n) is 20.4. The largest absolute Gasteiger partial charge is 0.493 e. The Morgan fingerprint density at radius 3 is 2.29 bits per heavy atom. The van der Waals surface area contributed by atoms with Crippen molar-refractivity contribution in [1.82, 2.24) is 20.2 Å². The van der Waals surface area contributed by atoms with Gasteiger partial charge in [-0.2, -0.15) is 0 Å². The lowest BCUT2D eigenvalue weighted by atomic mass is 10.1. The summed E-state index contributed by atoms with van der Waals surface area (Å²) in [4.78, 5) is 10.8. The normalized spacial score (nSPS) is 11.1. The Morgan fingerprint density at radius 2 is 1.65 bits per heavy atom. The van der Waals surface area contributed by atoms with E-state index >= 15 is 0 Å². The van der Waals surface area contributed by atoms with Gasteiger partial charge in [0.2, 0.25) is 5.75 Å². The summed E-state index contributed by atoms with van der Waals surface area (Å²) in [6, 6.07) is 14.4. The third kappa shape index (κ3) is 5.22. The van der Waals surface area contributed by atoms with E-state index in [1.165, 1.54) is 5.39 Å². The molecule has 4 aromatic rings. The zero-order valence-corrected chi connectivity index (χ0v) is 21.2. The van der Waals surface area contributed by atoms with Crippen LogP contribution in [0.25, 0.3) is 33.1 Å². The highest BCUT2D eigenvalue weighted by atomic mass is 35.5. The van der Waals surface area contributed by atoms with Crippen molar-refractivity contribution in [2.75, 3.05) is 48.5 Å². The minimum Gasteiger partial charge on any atom is -0.493 e. The van der Waals surface area contributed by atoms with E-state index in [1.54, 1.807) is 21.3 Å². The molecule has 0 saturated carbocycles. The van der Waals surface area contributed by atoms with Gasteiger partial charge in [0.25, 0.3) is 0 Å². The number of ether oxygens (including phenoxy) is 3. The second-order valence-electron chi connectivity index (χ2n) is 8.30. The third-order valence-electron chi connectivity index (χ3n) is 5.75. The van der Waals surface area contributed by atoms with E-state index in [2.05, 4.69) is 53.6 Å². The number of fused-ring (bicyclic) bond motifs is 3. The lowest BCUT2D eigenvalue weighted by Gasteiger charge is -2.15. The SMILES string of the molecule is COc1cc(-c2nc(CNCCCN(C)C)cc3c2[nH]c2ccccc23)cc(OC)c1OC.Cl. The second-order valence-corrected chi connectivity index (χ2v) is 8.30. The Balaban J connectivity index is 0.00000324. The van der Waals surface area contributed by atoms with Crippen LogP contribution in [0.4, 0.5) is 0 Å². The molecule has 4 rings (SSSR count). The van der Waals surface area contributed by atoms with Gasteiger partial charge in [-0.05, 0) is 57.9 Å². The lowest BCUT2D eigenvalue weighted by Crippen LogP contribution is -2.21. The van der Waals surface area contributed by atoms with Gasteiger partial charge >= 0.3 is 0 Å². The molecule has 34 heavy (non-hydrogen) atoms. The first-order valence-corrected chi connectivity index (χ1v) is 11.1. The Labute approximate surface area is 206 Å². The van der Waals surface area contributed by atoms with Gasteiger partial charge in [-0.1, -0.05) is 18.2 Å². The highest BCUT2D eigenvalue weighted by molar-refractivity contribution is 6.11. The molecule has 2 aromatic heterocycles. The Morgan fingerprint density at radius 1 is 0.941 bits per heavy atom. The number of methoxy groups -OCH3 is 3. The smallest absolute Gasteiger partial charge is 0.203 e. The van der Waals surface area contributed by atoms with Crippen LogP contribution in [0.1, 0.15) is 12.1 Å². The minimum absolute atomic E-state index is 0. The molecule has 0 unspecified atom stereocenters. The summed E-state index contributed by atoms with van der Waals surface area (Å²) in [5.74, 6) is 1.77. The van der Waals surface area contributed by atoms with Crippen molar-refractivity contribution in [2.45, 2.75) is 13.0 Å². The van der Waals surface area contributed by atoms with Crippen molar-refractivity contribution in [3.63, 3.8) is 0 Å². The molecule has 0 amide bonds. The van der Waals surface area contributed by atoms with Crippen molar-refractivity contribution in [2.24, 2.45) is 0 Å². The van der Waals surface area contributed by atoms with Gasteiger partial charge in [-0.15, -0.1) is 12.4 Å². The standard InChI is InChI=1S/C26H32N4O3.ClH/c1-30(2)12-8-11-27-16-18-15-20-19-9-6-7-10-21(19)29-25(20)24(28-18)17-13-22(31-3)26(33-5)23(14-17)32-4;/h6-7,9-10,13-15,27,29H,8,11-12,16H2,1-5H3;1H. The summed E-state index contributed by atoms with van der Waals surface area (Å²) in [7, 11) is 9.05. The van der Waals surface area contributed by atoms with Crippen LogP contribution in [-0.2, 0) is 6.54 Å². The van der Waals surface area contributed by atoms with Crippen LogP contribution in [0.2, 0.25) is 0 Å². The minimum atomic E-state index is 0. The molecule has 0 radical (unpaired) electrons. The molecule has 0 aliphatic carbocycles. The predicted molar refractivity (Wildman–Crippen MR) is 141 cm³/mol. The zero-order chi connectivity index (χ0) is 23.4. The van der Waals surface area contributed by atoms with Crippen LogP contribution in [0, 0.1) is 0 Å². The molecule has 2 N–H and O–H groups in total. The number of halogens is 1. The van der Waals surface area contributed by atoms with Crippen LogP contribution >= 0.6 is 12.4 Å². The monoisotopic (exact) mass is 484 g/mol. The van der Waals surface area contributed by atoms with Crippen molar-refractivity contribution < 1.29 is 14.2 Å². The van der Waals surface area contributed by atoms with Crippen LogP contribution in [-0.4, -0.2) is 63.4 Å². The number of pyridine rings is 1. The van der Waals surface area contributed by atoms with Gasteiger partial charge in [-0.3, -0.25) is 0 Å². The number of nitrogens with one attached hydrogen (secondary N) is 2. The number of aromatic nitrogens is 2. The first-order chi connectivity index (χ1) is 16.0. The maximum absolute atomic E-state index is 5.59. The van der Waals surface area contributed by atoms with E-state index < -0.39 is 0 Å². The summed E-state index contributed by atoms with van der Waals surface area (Å²) in [6.45, 7) is 2.68. The third-order valence-corrected chi connectivity index (χ3v) is 5.75. The highest BCUT2D eigenvalue weighted by Gasteiger charge is 2.19. The quantitative estimate of drug-likeness (QED) is 0.313. The van der Waals surface area contributed by atoms with Crippen LogP contribution in [0.5, 0.6) is 17.2 Å². The number of para-hydroxylation sites is 1. The first kappa shape index (κ1) is 25.6. The molecule has 2 aromatic carbocycles. The topological polar surface area (TPSA) is 71.6 Å². The molecule has 0 aliphatic heterocycles. The molecule has 0 fully saturated rings. The van der Waals surface area contributed by atoms with Gasteiger partial charge in [0, 0.05) is 28.4 Å². The maximum Gasteiger partial charge on any atom is 0.203 e. The van der Waals surface area contributed by atoms with Gasteiger partial charge < -0.3 is 29.4 Å². The molecule has 0 bridgehead atoms. The van der Waals surface area contributed by atoms with Crippen molar-refractivity contribution in [1.29, 1.82) is 0 Å². The maximum atomic E-state index is 5.59. The molecule has 0 atom stereocenters. The number of aromatic amines is 1. The van der Waals surface area contributed by atoms with Crippen molar-refractivity contribution >= 4 is 34.2 Å². The van der Waals surface area contributed by atoms with E-state index in [0.717, 1.165) is 52.9 Å². The number of hydrogen-bond acceptors (Lipinski definition) is 6. The summed E-state index contributed by atoms with van der Waals surface area (Å²) >= 11 is 0. The molecule has 0 aliphatic rings. The first-order valence-electron chi connectivity index (χ1n) is 11.1. The van der Waals surface area contributed by atoms with E-state index in [0.29, 0.717) is 23.8 Å². The molecular weight excluding hydrogens is 452 g/mol. The van der Waals surface area contributed by atoms with Crippen LogP contribution in [0.3, 0.4) is 0 Å². The predicted octanol–water partition coefficient (Wildman–Crippen LogP) is 4.87. The highest BCUT2D eigenvalue weighted by Crippen LogP contribution is 2.42. The fourth-order valence-corrected chi connectivity index (χ4v) is 4.15. The van der Waals surface area contributed by atoms with E-state index in [9.17, 15) is 0 Å². The molecule has 0 spiro atoms. The van der Waals surface area contributed by atoms with Gasteiger partial charge in [-0.25, -0.2) is 4.98 Å². The van der Waals surface area contributed by atoms with E-state index in [-0.39, 0.29) is 12.4 Å². The van der Waals surface area contributed by atoms with Crippen LogP contribution < -0.4 is 19.5 Å². The fraction of sp³-hybridized carbons (Fsp3) is 0.346. The summed E-state index contributed by atoms with van der Waals surface area (Å²) in [5, 5.41) is 5.86. The van der Waals surface area contributed by atoms with E-state index in [4.69, 9.17) is 19.2 Å². The number of rotatable bonds is 10. The summed E-state index contributed by atoms with van der Waals surface area (Å²) < 4.78 is 16.7. The number of hydrogen-bond donors (Lipinski definition) is 2. The molecule has 2 heterocycles. The van der Waals surface area contributed by atoms with Crippen molar-refractivity contribution in [3.8, 4) is 28.5 Å². The number of nitrogens with zero attached hydrogens (tertiary/aromatic N) is 2. The van der Waals surface area contributed by atoms with Crippen molar-refractivity contribution in [3.05, 3.63) is 48.2 Å². The molecule has 182 valence electrons. The summed E-state index contributed by atoms with van der Waals surface area (Å²) in [5.41, 5.74) is 4.81. The Hall–Kier alpha value is -3.00. The van der Waals surface area contributed by atoms with Gasteiger partial charge in [0.1, 0.15) is 0 Å². The Bertz CT molecular complexity index is 1230. The molecule has 7 nitrogen and oxygen atoms in total. The Kier molecular flexibility index (Phi) is 8.61. The van der Waals surface area contributed by atoms with Gasteiger partial charge in [0.15, 0.2) is 11.5 Å². The second kappa shape index (κ2) is 11.4. The van der Waals surface area contributed by atoms with Gasteiger partial charge in [0.05, 0.1) is 38.2 Å². The average molecular weight is 485 g/mol. The lowest BCUT2D eigenvalue weighted by molar-refractivity contribution is 0.324. The number of H-pyrrole nitrogens is 1. The average Bonchev–Trinajstić information content (AvgIpc) is 3.20. The van der Waals surface area contributed by atoms with Crippen LogP contribution in [0.15, 0.2) is 42.5 Å². The molecule has 0 saturated heterocycles. The van der Waals surface area contributed by atoms with E-state index in [1.807, 2.05) is 18.2 Å². The molecule has 8 heteroatoms. The summed E-state index contributed by atoms with van der Waals surface area (Å²) in [6.07, 6.45) is 1.09.